The van der Waals surface area contributed by atoms with Crippen LogP contribution in [0.5, 0.6) is 0 Å². The lowest BCUT2D eigenvalue weighted by atomic mass is 10.1. The van der Waals surface area contributed by atoms with Gasteiger partial charge in [-0.2, -0.15) is 0 Å². The van der Waals surface area contributed by atoms with E-state index in [2.05, 4.69) is 19.7 Å². The van der Waals surface area contributed by atoms with Gasteiger partial charge in [0.1, 0.15) is 36.4 Å². The van der Waals surface area contributed by atoms with Crippen molar-refractivity contribution in [2.24, 2.45) is 0 Å². The molecule has 1 aliphatic rings. The number of nitrogens with two attached hydrogens (primary N) is 1. The minimum absolute atomic E-state index is 0.190. The summed E-state index contributed by atoms with van der Waals surface area (Å²) in [5, 5.41) is 30.0. The van der Waals surface area contributed by atoms with Crippen molar-refractivity contribution in [2.45, 2.75) is 24.5 Å². The molecule has 0 aromatic carbocycles. The van der Waals surface area contributed by atoms with Crippen LogP contribution in [-0.4, -0.2) is 60.3 Å². The van der Waals surface area contributed by atoms with Crippen LogP contribution in [0.3, 0.4) is 0 Å². The number of ether oxygens (including phenoxy) is 2. The molecule has 1 saturated heterocycles. The van der Waals surface area contributed by atoms with Crippen LogP contribution in [0.25, 0.3) is 11.2 Å². The van der Waals surface area contributed by atoms with Gasteiger partial charge >= 0.3 is 0 Å². The number of aliphatic hydroxyl groups is 3. The van der Waals surface area contributed by atoms with Gasteiger partial charge in [0.2, 0.25) is 0 Å². The molecule has 0 amide bonds. The monoisotopic (exact) mass is 309 g/mol. The Morgan fingerprint density at radius 2 is 2.14 bits per heavy atom. The van der Waals surface area contributed by atoms with Crippen LogP contribution >= 0.6 is 0 Å². The van der Waals surface area contributed by atoms with E-state index in [0.29, 0.717) is 11.2 Å². The second kappa shape index (κ2) is 5.40. The van der Waals surface area contributed by atoms with Crippen LogP contribution in [0, 0.1) is 0 Å². The standard InChI is InChI=1S/C12H15N5O5/c1-21-2-5(18)9-7(19)8(20)12(22-9)17-4-16-6-10(13)14-3-15-11(6)17/h2-4,7-9,12,18-20H,1H3,(H2,13,14,15)/b5-2-/t7-,8+,9+,12+/m0/s1. The highest BCUT2D eigenvalue weighted by Gasteiger charge is 2.46. The third kappa shape index (κ3) is 2.13. The predicted octanol–water partition coefficient (Wildman–Crippen LogP) is -0.926. The van der Waals surface area contributed by atoms with Gasteiger partial charge in [0.15, 0.2) is 23.5 Å². The van der Waals surface area contributed by atoms with Crippen molar-refractivity contribution in [1.29, 1.82) is 0 Å². The first kappa shape index (κ1) is 14.5. The van der Waals surface area contributed by atoms with Crippen LogP contribution in [0.15, 0.2) is 24.7 Å². The Balaban J connectivity index is 1.98. The highest BCUT2D eigenvalue weighted by Crippen LogP contribution is 2.34. The molecule has 0 aliphatic carbocycles. The maximum atomic E-state index is 10.2. The minimum Gasteiger partial charge on any atom is -0.506 e. The van der Waals surface area contributed by atoms with Crippen molar-refractivity contribution >= 4 is 17.0 Å². The molecule has 0 unspecified atom stereocenters. The fourth-order valence-electron chi connectivity index (χ4n) is 2.38. The number of methoxy groups -OCH3 is 1. The maximum absolute atomic E-state index is 10.2. The quantitative estimate of drug-likeness (QED) is 0.527. The molecule has 3 heterocycles. The molecule has 118 valence electrons. The molecular weight excluding hydrogens is 294 g/mol. The molecule has 5 N–H and O–H groups in total. The molecule has 4 atom stereocenters. The number of fused-ring (bicyclic) bond motifs is 1. The van der Waals surface area contributed by atoms with Crippen molar-refractivity contribution in [2.75, 3.05) is 12.8 Å². The Bertz CT molecular complexity index is 717. The fraction of sp³-hybridized carbons (Fsp3) is 0.417. The molecular formula is C12H15N5O5. The Kier molecular flexibility index (Phi) is 3.56. The molecule has 2 aromatic rings. The lowest BCUT2D eigenvalue weighted by Gasteiger charge is -2.16. The van der Waals surface area contributed by atoms with Crippen molar-refractivity contribution in [3.05, 3.63) is 24.7 Å². The minimum atomic E-state index is -1.34. The Morgan fingerprint density at radius 3 is 2.86 bits per heavy atom. The molecule has 1 aliphatic heterocycles. The summed E-state index contributed by atoms with van der Waals surface area (Å²) in [6.07, 6.45) is -1.11. The molecule has 10 nitrogen and oxygen atoms in total. The summed E-state index contributed by atoms with van der Waals surface area (Å²) in [6.45, 7) is 0. The average Bonchev–Trinajstić information content (AvgIpc) is 3.03. The number of aliphatic hydroxyl groups excluding tert-OH is 3. The summed E-state index contributed by atoms with van der Waals surface area (Å²) in [5.41, 5.74) is 6.40. The summed E-state index contributed by atoms with van der Waals surface area (Å²) in [4.78, 5) is 11.9. The number of aromatic nitrogens is 4. The molecule has 3 rings (SSSR count). The van der Waals surface area contributed by atoms with E-state index in [4.69, 9.17) is 10.5 Å². The van der Waals surface area contributed by atoms with Crippen molar-refractivity contribution < 1.29 is 24.8 Å². The summed E-state index contributed by atoms with van der Waals surface area (Å²) >= 11 is 0. The van der Waals surface area contributed by atoms with E-state index in [1.165, 1.54) is 24.3 Å². The highest BCUT2D eigenvalue weighted by atomic mass is 16.6. The third-order valence-corrected chi connectivity index (χ3v) is 3.43. The first-order valence-corrected chi connectivity index (χ1v) is 6.41. The first-order valence-electron chi connectivity index (χ1n) is 6.41. The predicted molar refractivity (Wildman–Crippen MR) is 73.4 cm³/mol. The molecule has 2 aromatic heterocycles. The zero-order valence-electron chi connectivity index (χ0n) is 11.6. The molecule has 0 radical (unpaired) electrons. The van der Waals surface area contributed by atoms with Gasteiger partial charge < -0.3 is 30.5 Å². The van der Waals surface area contributed by atoms with Gasteiger partial charge in [-0.1, -0.05) is 0 Å². The lowest BCUT2D eigenvalue weighted by molar-refractivity contribution is -0.0352. The maximum Gasteiger partial charge on any atom is 0.167 e. The van der Waals surface area contributed by atoms with Gasteiger partial charge in [0.25, 0.3) is 0 Å². The third-order valence-electron chi connectivity index (χ3n) is 3.43. The van der Waals surface area contributed by atoms with Gasteiger partial charge in [-0.05, 0) is 0 Å². The fourth-order valence-corrected chi connectivity index (χ4v) is 2.38. The van der Waals surface area contributed by atoms with E-state index >= 15 is 0 Å². The molecule has 1 fully saturated rings. The van der Waals surface area contributed by atoms with Crippen LogP contribution in [0.1, 0.15) is 6.23 Å². The van der Waals surface area contributed by atoms with Crippen LogP contribution in [-0.2, 0) is 9.47 Å². The summed E-state index contributed by atoms with van der Waals surface area (Å²) in [5.74, 6) is -0.148. The number of hydrogen-bond acceptors (Lipinski definition) is 9. The molecule has 0 bridgehead atoms. The number of nitrogen functional groups attached to an aromatic ring is 1. The van der Waals surface area contributed by atoms with E-state index in [1.54, 1.807) is 0 Å². The second-order valence-corrected chi connectivity index (χ2v) is 4.79. The number of rotatable bonds is 3. The number of anilines is 1. The Hall–Kier alpha value is -2.43. The summed E-state index contributed by atoms with van der Waals surface area (Å²) in [6, 6.07) is 0. The zero-order valence-corrected chi connectivity index (χ0v) is 11.6. The summed E-state index contributed by atoms with van der Waals surface area (Å²) in [7, 11) is 1.34. The molecule has 0 spiro atoms. The normalized spacial score (nSPS) is 29.1. The largest absolute Gasteiger partial charge is 0.506 e. The first-order chi connectivity index (χ1) is 10.5. The van der Waals surface area contributed by atoms with Crippen molar-refractivity contribution in [1.82, 2.24) is 19.5 Å². The van der Waals surface area contributed by atoms with Crippen molar-refractivity contribution in [3.63, 3.8) is 0 Å². The Morgan fingerprint density at radius 1 is 1.36 bits per heavy atom. The van der Waals surface area contributed by atoms with Gasteiger partial charge in [0, 0.05) is 0 Å². The lowest BCUT2D eigenvalue weighted by Crippen LogP contribution is -2.32. The van der Waals surface area contributed by atoms with Gasteiger partial charge in [0.05, 0.1) is 13.4 Å². The van der Waals surface area contributed by atoms with Gasteiger partial charge in [-0.3, -0.25) is 4.57 Å². The molecule has 10 heteroatoms. The van der Waals surface area contributed by atoms with Crippen LogP contribution < -0.4 is 5.73 Å². The van der Waals surface area contributed by atoms with E-state index in [9.17, 15) is 15.3 Å². The number of hydrogen-bond donors (Lipinski definition) is 4. The summed E-state index contributed by atoms with van der Waals surface area (Å²) < 4.78 is 11.6. The smallest absolute Gasteiger partial charge is 0.167 e. The van der Waals surface area contributed by atoms with E-state index in [-0.39, 0.29) is 11.6 Å². The highest BCUT2D eigenvalue weighted by molar-refractivity contribution is 5.81. The van der Waals surface area contributed by atoms with Crippen LogP contribution in [0.4, 0.5) is 5.82 Å². The van der Waals surface area contributed by atoms with Gasteiger partial charge in [-0.25, -0.2) is 15.0 Å². The number of imidazole rings is 1. The van der Waals surface area contributed by atoms with E-state index < -0.39 is 24.5 Å². The van der Waals surface area contributed by atoms with E-state index in [0.717, 1.165) is 6.26 Å². The average molecular weight is 309 g/mol. The van der Waals surface area contributed by atoms with E-state index in [1.807, 2.05) is 0 Å². The molecule has 22 heavy (non-hydrogen) atoms. The number of nitrogens with zero attached hydrogens (tertiary/aromatic N) is 4. The molecule has 0 saturated carbocycles. The second-order valence-electron chi connectivity index (χ2n) is 4.79. The van der Waals surface area contributed by atoms with Crippen molar-refractivity contribution in [3.8, 4) is 0 Å². The topological polar surface area (TPSA) is 149 Å². The van der Waals surface area contributed by atoms with Crippen LogP contribution in [0.2, 0.25) is 0 Å². The van der Waals surface area contributed by atoms with Gasteiger partial charge in [-0.15, -0.1) is 0 Å². The Labute approximate surface area is 124 Å². The zero-order chi connectivity index (χ0) is 15.9. The SMILES string of the molecule is CO/C=C(\O)[C@H]1O[C@@H](n2cnc3c(N)ncnc32)[C@H](O)[C@@H]1O.